The number of carbonyl (C=O) groups is 2. The molecule has 35 heavy (non-hydrogen) atoms. The molecule has 0 fully saturated rings. The van der Waals surface area contributed by atoms with E-state index in [-0.39, 0.29) is 12.5 Å². The number of hydrogen-bond donors (Lipinski definition) is 1. The van der Waals surface area contributed by atoms with Crippen LogP contribution in [-0.4, -0.2) is 49.5 Å². The highest BCUT2D eigenvalue weighted by atomic mass is 32.2. The van der Waals surface area contributed by atoms with E-state index in [2.05, 4.69) is 5.32 Å². The number of nitrogens with zero attached hydrogens (tertiary/aromatic N) is 2. The van der Waals surface area contributed by atoms with Crippen molar-refractivity contribution in [3.63, 3.8) is 0 Å². The number of sulfonamides is 1. The molecule has 0 unspecified atom stereocenters. The Bertz CT molecular complexity index is 1160. The molecular formula is C26H36FN3O4S. The fraction of sp³-hybridized carbons (Fsp3) is 0.462. The van der Waals surface area contributed by atoms with Crippen molar-refractivity contribution in [3.8, 4) is 0 Å². The molecule has 0 aromatic heterocycles. The van der Waals surface area contributed by atoms with Crippen LogP contribution >= 0.6 is 0 Å². The summed E-state index contributed by atoms with van der Waals surface area (Å²) in [6.07, 6.45) is 1.37. The topological polar surface area (TPSA) is 86.8 Å². The first kappa shape index (κ1) is 28.3. The van der Waals surface area contributed by atoms with E-state index < -0.39 is 39.9 Å². The minimum Gasteiger partial charge on any atom is -0.350 e. The second-order valence-electron chi connectivity index (χ2n) is 9.87. The van der Waals surface area contributed by atoms with Gasteiger partial charge in [0.25, 0.3) is 0 Å². The summed E-state index contributed by atoms with van der Waals surface area (Å²) in [6.45, 7) is 10.6. The Hall–Kier alpha value is -2.94. The van der Waals surface area contributed by atoms with Crippen molar-refractivity contribution in [1.29, 1.82) is 0 Å². The maximum absolute atomic E-state index is 13.7. The van der Waals surface area contributed by atoms with Crippen molar-refractivity contribution >= 4 is 27.5 Å². The van der Waals surface area contributed by atoms with Crippen molar-refractivity contribution in [2.75, 3.05) is 17.1 Å². The molecule has 192 valence electrons. The summed E-state index contributed by atoms with van der Waals surface area (Å²) in [5.41, 5.74) is 2.19. The van der Waals surface area contributed by atoms with Crippen LogP contribution in [-0.2, 0) is 26.2 Å². The van der Waals surface area contributed by atoms with Gasteiger partial charge in [-0.2, -0.15) is 0 Å². The zero-order chi connectivity index (χ0) is 26.6. The van der Waals surface area contributed by atoms with Crippen LogP contribution in [0.4, 0.5) is 10.1 Å². The van der Waals surface area contributed by atoms with Gasteiger partial charge in [-0.1, -0.05) is 36.8 Å². The minimum absolute atomic E-state index is 0.0274. The minimum atomic E-state index is -3.81. The Kier molecular flexibility index (Phi) is 9.06. The van der Waals surface area contributed by atoms with E-state index in [9.17, 15) is 22.4 Å². The van der Waals surface area contributed by atoms with Gasteiger partial charge in [-0.15, -0.1) is 0 Å². The molecule has 2 aromatic rings. The third kappa shape index (κ3) is 8.06. The number of benzene rings is 2. The van der Waals surface area contributed by atoms with Gasteiger partial charge in [0, 0.05) is 12.1 Å². The van der Waals surface area contributed by atoms with Gasteiger partial charge in [0.05, 0.1) is 11.9 Å². The van der Waals surface area contributed by atoms with Crippen LogP contribution in [0.1, 0.15) is 50.8 Å². The molecule has 2 amide bonds. The lowest BCUT2D eigenvalue weighted by Gasteiger charge is -2.34. The predicted octanol–water partition coefficient (Wildman–Crippen LogP) is 3.93. The Morgan fingerprint density at radius 3 is 2.14 bits per heavy atom. The quantitative estimate of drug-likeness (QED) is 0.560. The highest BCUT2D eigenvalue weighted by molar-refractivity contribution is 7.92. The molecule has 1 atom stereocenters. The van der Waals surface area contributed by atoms with Crippen LogP contribution in [0.3, 0.4) is 0 Å². The second kappa shape index (κ2) is 11.2. The van der Waals surface area contributed by atoms with Gasteiger partial charge in [0.1, 0.15) is 18.4 Å². The third-order valence-corrected chi connectivity index (χ3v) is 6.58. The molecule has 0 saturated carbocycles. The third-order valence-electron chi connectivity index (χ3n) is 5.45. The molecule has 2 aromatic carbocycles. The summed E-state index contributed by atoms with van der Waals surface area (Å²) >= 11 is 0. The molecule has 0 aliphatic heterocycles. The van der Waals surface area contributed by atoms with Crippen molar-refractivity contribution in [1.82, 2.24) is 10.2 Å². The highest BCUT2D eigenvalue weighted by Gasteiger charge is 2.33. The largest absolute Gasteiger partial charge is 0.350 e. The lowest BCUT2D eigenvalue weighted by molar-refractivity contribution is -0.141. The first-order valence-electron chi connectivity index (χ1n) is 11.5. The van der Waals surface area contributed by atoms with Crippen LogP contribution in [0.25, 0.3) is 0 Å². The Labute approximate surface area is 208 Å². The summed E-state index contributed by atoms with van der Waals surface area (Å²) in [6, 6.07) is 10.1. The number of carbonyl (C=O) groups excluding carboxylic acids is 2. The number of rotatable bonds is 9. The van der Waals surface area contributed by atoms with Gasteiger partial charge >= 0.3 is 0 Å². The zero-order valence-corrected chi connectivity index (χ0v) is 22.4. The first-order chi connectivity index (χ1) is 16.1. The SMILES string of the molecule is CC[C@H](C(=O)NC(C)(C)C)N(Cc1ccc(F)cc1)C(=O)CN(c1ccc(C)cc1C)S(C)(=O)=O. The number of amides is 2. The number of nitrogens with one attached hydrogen (secondary N) is 1. The van der Waals surface area contributed by atoms with Gasteiger partial charge in [-0.3, -0.25) is 13.9 Å². The molecular weight excluding hydrogens is 469 g/mol. The number of halogens is 1. The summed E-state index contributed by atoms with van der Waals surface area (Å²) in [5, 5.41) is 2.91. The normalized spacial score (nSPS) is 12.7. The van der Waals surface area contributed by atoms with E-state index in [1.54, 1.807) is 38.1 Å². The van der Waals surface area contributed by atoms with Gasteiger partial charge < -0.3 is 10.2 Å². The zero-order valence-electron chi connectivity index (χ0n) is 21.6. The van der Waals surface area contributed by atoms with E-state index in [4.69, 9.17) is 0 Å². The molecule has 9 heteroatoms. The summed E-state index contributed by atoms with van der Waals surface area (Å²) in [4.78, 5) is 28.2. The molecule has 0 bridgehead atoms. The number of hydrogen-bond acceptors (Lipinski definition) is 4. The number of anilines is 1. The standard InChI is InChI=1S/C26H36FN3O4S/c1-8-22(25(32)28-26(4,5)6)29(16-20-10-12-21(27)13-11-20)24(31)17-30(35(7,33)34)23-14-9-18(2)15-19(23)3/h9-15,22H,8,16-17H2,1-7H3,(H,28,32)/t22-/m1/s1. The maximum Gasteiger partial charge on any atom is 0.244 e. The molecule has 0 spiro atoms. The van der Waals surface area contributed by atoms with E-state index >= 15 is 0 Å². The predicted molar refractivity (Wildman–Crippen MR) is 137 cm³/mol. The molecule has 7 nitrogen and oxygen atoms in total. The first-order valence-corrected chi connectivity index (χ1v) is 13.4. The molecule has 0 aliphatic carbocycles. The lowest BCUT2D eigenvalue weighted by atomic mass is 10.1. The molecule has 0 aliphatic rings. The van der Waals surface area contributed by atoms with Gasteiger partial charge in [-0.05, 0) is 70.4 Å². The molecule has 1 N–H and O–H groups in total. The average molecular weight is 506 g/mol. The number of aryl methyl sites for hydroxylation is 2. The lowest BCUT2D eigenvalue weighted by Crippen LogP contribution is -2.55. The fourth-order valence-electron chi connectivity index (χ4n) is 3.84. The van der Waals surface area contributed by atoms with Crippen LogP contribution < -0.4 is 9.62 Å². The van der Waals surface area contributed by atoms with Crippen molar-refractivity contribution in [3.05, 3.63) is 65.0 Å². The van der Waals surface area contributed by atoms with Gasteiger partial charge in [-0.25, -0.2) is 12.8 Å². The Morgan fingerprint density at radius 1 is 1.06 bits per heavy atom. The van der Waals surface area contributed by atoms with E-state index in [0.29, 0.717) is 23.2 Å². The highest BCUT2D eigenvalue weighted by Crippen LogP contribution is 2.24. The van der Waals surface area contributed by atoms with Crippen LogP contribution in [0.15, 0.2) is 42.5 Å². The molecule has 0 saturated heterocycles. The van der Waals surface area contributed by atoms with Crippen molar-refractivity contribution < 1.29 is 22.4 Å². The van der Waals surface area contributed by atoms with E-state index in [1.165, 1.54) is 17.0 Å². The summed E-state index contributed by atoms with van der Waals surface area (Å²) in [7, 11) is -3.81. The van der Waals surface area contributed by atoms with Crippen LogP contribution in [0.2, 0.25) is 0 Å². The second-order valence-corrected chi connectivity index (χ2v) is 11.8. The summed E-state index contributed by atoms with van der Waals surface area (Å²) < 4.78 is 40.0. The smallest absolute Gasteiger partial charge is 0.244 e. The average Bonchev–Trinajstić information content (AvgIpc) is 2.71. The van der Waals surface area contributed by atoms with Crippen molar-refractivity contribution in [2.24, 2.45) is 0 Å². The van der Waals surface area contributed by atoms with Crippen LogP contribution in [0.5, 0.6) is 0 Å². The summed E-state index contributed by atoms with van der Waals surface area (Å²) in [5.74, 6) is -1.29. The fourth-order valence-corrected chi connectivity index (χ4v) is 4.75. The van der Waals surface area contributed by atoms with E-state index in [0.717, 1.165) is 16.1 Å². The van der Waals surface area contributed by atoms with Gasteiger partial charge in [0.2, 0.25) is 21.8 Å². The maximum atomic E-state index is 13.7. The molecule has 2 rings (SSSR count). The van der Waals surface area contributed by atoms with Gasteiger partial charge in [0.15, 0.2) is 0 Å². The monoisotopic (exact) mass is 505 g/mol. The van der Waals surface area contributed by atoms with Crippen molar-refractivity contribution in [2.45, 2.75) is 66.1 Å². The Morgan fingerprint density at radius 2 is 1.66 bits per heavy atom. The van der Waals surface area contributed by atoms with Crippen LogP contribution in [0, 0.1) is 19.7 Å². The van der Waals surface area contributed by atoms with E-state index in [1.807, 2.05) is 33.8 Å². The molecule has 0 radical (unpaired) electrons. The molecule has 0 heterocycles. The Balaban J connectivity index is 2.48.